The molecule has 0 heterocycles. The Bertz CT molecular complexity index is 398. The van der Waals surface area contributed by atoms with E-state index in [0.717, 1.165) is 0 Å². The number of hydrogen-bond donors (Lipinski definition) is 3. The Morgan fingerprint density at radius 2 is 1.93 bits per heavy atom. The normalized spacial score (nSPS) is 10.1. The first-order valence-electron chi connectivity index (χ1n) is 4.01. The molecule has 0 spiro atoms. The Hall–Kier alpha value is -2.37. The topological polar surface area (TPSA) is 105 Å². The van der Waals surface area contributed by atoms with Crippen LogP contribution in [-0.4, -0.2) is 23.1 Å². The van der Waals surface area contributed by atoms with Crippen molar-refractivity contribution >= 4 is 18.0 Å². The molecule has 6 nitrogen and oxygen atoms in total. The molecular formula is C9H9N3O3. The summed E-state index contributed by atoms with van der Waals surface area (Å²) in [5.41, 5.74) is 7.28. The highest BCUT2D eigenvalue weighted by atomic mass is 16.3. The maximum Gasteiger partial charge on any atom is 0.329 e. The molecule has 15 heavy (non-hydrogen) atoms. The molecule has 4 N–H and O–H groups in total. The number of nitrogens with two attached hydrogens (primary N) is 1. The van der Waals surface area contributed by atoms with E-state index >= 15 is 0 Å². The number of carbonyl (C=O) groups is 2. The maximum atomic E-state index is 10.6. The molecule has 0 unspecified atom stereocenters. The van der Waals surface area contributed by atoms with Gasteiger partial charge in [-0.05, 0) is 29.8 Å². The second-order valence-corrected chi connectivity index (χ2v) is 2.65. The molecule has 0 aliphatic heterocycles. The van der Waals surface area contributed by atoms with E-state index in [1.807, 2.05) is 5.43 Å². The van der Waals surface area contributed by atoms with Gasteiger partial charge in [0.1, 0.15) is 5.75 Å². The fourth-order valence-corrected chi connectivity index (χ4v) is 0.781. The van der Waals surface area contributed by atoms with Crippen molar-refractivity contribution in [2.45, 2.75) is 0 Å². The zero-order chi connectivity index (χ0) is 11.3. The minimum atomic E-state index is -1.10. The third-order valence-electron chi connectivity index (χ3n) is 1.50. The zero-order valence-electron chi connectivity index (χ0n) is 7.68. The SMILES string of the molecule is NC(=O)C(=O)N/N=C\c1ccc(O)cc1. The summed E-state index contributed by atoms with van der Waals surface area (Å²) in [4.78, 5) is 20.9. The van der Waals surface area contributed by atoms with E-state index in [-0.39, 0.29) is 5.75 Å². The lowest BCUT2D eigenvalue weighted by Crippen LogP contribution is -2.32. The third-order valence-corrected chi connectivity index (χ3v) is 1.50. The summed E-state index contributed by atoms with van der Waals surface area (Å²) < 4.78 is 0. The number of carbonyl (C=O) groups excluding carboxylic acids is 2. The first-order valence-corrected chi connectivity index (χ1v) is 4.01. The summed E-state index contributed by atoms with van der Waals surface area (Å²) in [6.07, 6.45) is 1.32. The van der Waals surface area contributed by atoms with Crippen molar-refractivity contribution in [3.63, 3.8) is 0 Å². The average molecular weight is 207 g/mol. The lowest BCUT2D eigenvalue weighted by Gasteiger charge is -1.94. The van der Waals surface area contributed by atoms with Crippen molar-refractivity contribution in [1.82, 2.24) is 5.43 Å². The molecular weight excluding hydrogens is 198 g/mol. The summed E-state index contributed by atoms with van der Waals surface area (Å²) in [5, 5.41) is 12.5. The predicted molar refractivity (Wildman–Crippen MR) is 53.0 cm³/mol. The molecule has 0 atom stereocenters. The van der Waals surface area contributed by atoms with E-state index in [0.29, 0.717) is 5.56 Å². The fourth-order valence-electron chi connectivity index (χ4n) is 0.781. The Labute approximate surface area is 85.4 Å². The zero-order valence-corrected chi connectivity index (χ0v) is 7.68. The number of primary amides is 1. The lowest BCUT2D eigenvalue weighted by atomic mass is 10.2. The molecule has 6 heteroatoms. The van der Waals surface area contributed by atoms with E-state index in [4.69, 9.17) is 5.11 Å². The first-order chi connectivity index (χ1) is 7.09. The van der Waals surface area contributed by atoms with Crippen LogP contribution in [0.2, 0.25) is 0 Å². The molecule has 1 rings (SSSR count). The van der Waals surface area contributed by atoms with E-state index < -0.39 is 11.8 Å². The van der Waals surface area contributed by atoms with Gasteiger partial charge in [-0.2, -0.15) is 5.10 Å². The predicted octanol–water partition coefficient (Wildman–Crippen LogP) is -0.672. The molecule has 1 aromatic rings. The van der Waals surface area contributed by atoms with Crippen molar-refractivity contribution in [1.29, 1.82) is 0 Å². The van der Waals surface area contributed by atoms with Crippen LogP contribution >= 0.6 is 0 Å². The van der Waals surface area contributed by atoms with Gasteiger partial charge in [0.15, 0.2) is 0 Å². The molecule has 0 aromatic heterocycles. The van der Waals surface area contributed by atoms with Crippen LogP contribution in [0.3, 0.4) is 0 Å². The van der Waals surface area contributed by atoms with Crippen LogP contribution < -0.4 is 11.2 Å². The van der Waals surface area contributed by atoms with Crippen molar-refractivity contribution in [3.8, 4) is 5.75 Å². The molecule has 0 saturated carbocycles. The van der Waals surface area contributed by atoms with Crippen molar-refractivity contribution in [2.75, 3.05) is 0 Å². The number of hydrogen-bond acceptors (Lipinski definition) is 4. The number of rotatable bonds is 2. The van der Waals surface area contributed by atoms with Gasteiger partial charge < -0.3 is 10.8 Å². The third kappa shape index (κ3) is 3.47. The molecule has 0 fully saturated rings. The Morgan fingerprint density at radius 1 is 1.33 bits per heavy atom. The van der Waals surface area contributed by atoms with Crippen LogP contribution in [0.25, 0.3) is 0 Å². The molecule has 0 aliphatic rings. The number of phenolic OH excluding ortho intramolecular Hbond substituents is 1. The van der Waals surface area contributed by atoms with Crippen LogP contribution in [-0.2, 0) is 9.59 Å². The molecule has 1 aromatic carbocycles. The van der Waals surface area contributed by atoms with Gasteiger partial charge in [-0.15, -0.1) is 0 Å². The number of amides is 2. The van der Waals surface area contributed by atoms with Gasteiger partial charge in [0.25, 0.3) is 0 Å². The van der Waals surface area contributed by atoms with Crippen molar-refractivity contribution < 1.29 is 14.7 Å². The van der Waals surface area contributed by atoms with Crippen LogP contribution in [0, 0.1) is 0 Å². The summed E-state index contributed by atoms with van der Waals surface area (Å²) in [5.74, 6) is -1.95. The second kappa shape index (κ2) is 4.75. The molecule has 2 amide bonds. The molecule has 0 bridgehead atoms. The highest BCUT2D eigenvalue weighted by Crippen LogP contribution is 2.07. The Kier molecular flexibility index (Phi) is 3.39. The quantitative estimate of drug-likeness (QED) is 0.340. The van der Waals surface area contributed by atoms with E-state index in [2.05, 4.69) is 10.8 Å². The van der Waals surface area contributed by atoms with Gasteiger partial charge in [-0.1, -0.05) is 0 Å². The number of benzene rings is 1. The Morgan fingerprint density at radius 3 is 2.47 bits per heavy atom. The monoisotopic (exact) mass is 207 g/mol. The van der Waals surface area contributed by atoms with Gasteiger partial charge in [0.2, 0.25) is 0 Å². The van der Waals surface area contributed by atoms with Crippen LogP contribution in [0.5, 0.6) is 5.75 Å². The first kappa shape index (κ1) is 10.7. The number of aromatic hydroxyl groups is 1. The minimum absolute atomic E-state index is 0.133. The number of hydrazone groups is 1. The fraction of sp³-hybridized carbons (Fsp3) is 0. The number of nitrogens with zero attached hydrogens (tertiary/aromatic N) is 1. The number of phenols is 1. The van der Waals surface area contributed by atoms with Gasteiger partial charge in [-0.25, -0.2) is 5.43 Å². The maximum absolute atomic E-state index is 10.6. The standard InChI is InChI=1S/C9H9N3O3/c10-8(14)9(15)12-11-5-6-1-3-7(13)4-2-6/h1-5,13H,(H2,10,14)(H,12,15)/b11-5-. The largest absolute Gasteiger partial charge is 0.508 e. The van der Waals surface area contributed by atoms with Crippen LogP contribution in [0.4, 0.5) is 0 Å². The second-order valence-electron chi connectivity index (χ2n) is 2.65. The molecule has 78 valence electrons. The summed E-state index contributed by atoms with van der Waals surface area (Å²) in [6, 6.07) is 6.12. The molecule has 0 aliphatic carbocycles. The number of nitrogens with one attached hydrogen (secondary N) is 1. The summed E-state index contributed by atoms with van der Waals surface area (Å²) in [6.45, 7) is 0. The summed E-state index contributed by atoms with van der Waals surface area (Å²) >= 11 is 0. The minimum Gasteiger partial charge on any atom is -0.508 e. The van der Waals surface area contributed by atoms with Crippen LogP contribution in [0.15, 0.2) is 29.4 Å². The van der Waals surface area contributed by atoms with Gasteiger partial charge in [-0.3, -0.25) is 9.59 Å². The van der Waals surface area contributed by atoms with Gasteiger partial charge in [0, 0.05) is 0 Å². The summed E-state index contributed by atoms with van der Waals surface area (Å²) in [7, 11) is 0. The van der Waals surface area contributed by atoms with Crippen LogP contribution in [0.1, 0.15) is 5.56 Å². The van der Waals surface area contributed by atoms with E-state index in [1.54, 1.807) is 12.1 Å². The highest BCUT2D eigenvalue weighted by Gasteiger charge is 2.04. The molecule has 0 radical (unpaired) electrons. The highest BCUT2D eigenvalue weighted by molar-refractivity contribution is 6.34. The van der Waals surface area contributed by atoms with Gasteiger partial charge >= 0.3 is 11.8 Å². The van der Waals surface area contributed by atoms with E-state index in [1.165, 1.54) is 18.3 Å². The lowest BCUT2D eigenvalue weighted by molar-refractivity contribution is -0.137. The Balaban J connectivity index is 2.55. The van der Waals surface area contributed by atoms with Crippen molar-refractivity contribution in [3.05, 3.63) is 29.8 Å². The van der Waals surface area contributed by atoms with Gasteiger partial charge in [0.05, 0.1) is 6.21 Å². The van der Waals surface area contributed by atoms with E-state index in [9.17, 15) is 9.59 Å². The molecule has 0 saturated heterocycles. The van der Waals surface area contributed by atoms with Crippen molar-refractivity contribution in [2.24, 2.45) is 10.8 Å². The smallest absolute Gasteiger partial charge is 0.329 e. The average Bonchev–Trinajstić information content (AvgIpc) is 2.20.